The maximum absolute atomic E-state index is 11.9. The number of benzene rings is 1. The third-order valence-corrected chi connectivity index (χ3v) is 7.00. The summed E-state index contributed by atoms with van der Waals surface area (Å²) in [6.45, 7) is 1.44. The molecule has 1 aromatic carbocycles. The Bertz CT molecular complexity index is 1560. The van der Waals surface area contributed by atoms with Crippen LogP contribution < -0.4 is 14.8 Å². The van der Waals surface area contributed by atoms with Gasteiger partial charge in [0, 0.05) is 30.2 Å². The number of carbonyl (C=O) groups is 1. The van der Waals surface area contributed by atoms with Crippen LogP contribution in [0.1, 0.15) is 47.6 Å². The van der Waals surface area contributed by atoms with Crippen molar-refractivity contribution in [1.82, 2.24) is 19.7 Å². The van der Waals surface area contributed by atoms with Crippen molar-refractivity contribution < 1.29 is 28.8 Å². The smallest absolute Gasteiger partial charge is 0.305 e. The average Bonchev–Trinajstić information content (AvgIpc) is 3.66. The average molecular weight is 544 g/mol. The van der Waals surface area contributed by atoms with E-state index in [2.05, 4.69) is 27.5 Å². The van der Waals surface area contributed by atoms with Gasteiger partial charge >= 0.3 is 5.97 Å². The Kier molecular flexibility index (Phi) is 7.09. The zero-order valence-corrected chi connectivity index (χ0v) is 21.9. The molecule has 0 amide bonds. The molecule has 3 aromatic heterocycles. The fourth-order valence-corrected chi connectivity index (χ4v) is 5.06. The summed E-state index contributed by atoms with van der Waals surface area (Å²) < 4.78 is 24.0. The molecular weight excluding hydrogens is 514 g/mol. The predicted molar refractivity (Wildman–Crippen MR) is 145 cm³/mol. The van der Waals surface area contributed by atoms with Gasteiger partial charge in [-0.25, -0.2) is 9.97 Å². The van der Waals surface area contributed by atoms with Crippen LogP contribution in [0.2, 0.25) is 0 Å². The van der Waals surface area contributed by atoms with Gasteiger partial charge in [-0.05, 0) is 54.3 Å². The number of ether oxygens (including phenoxy) is 4. The Balaban J connectivity index is 1.21. The minimum atomic E-state index is -0.966. The molecule has 11 nitrogen and oxygen atoms in total. The molecule has 4 aromatic rings. The third-order valence-electron chi connectivity index (χ3n) is 7.00. The SMILES string of the molecule is COc1ncc(C(CC(=O)O)n2ncc3cc(OCCc4ccc5c(n4)NCCC5)ccc32)cc1C1OC=CO1. The van der Waals surface area contributed by atoms with E-state index < -0.39 is 18.3 Å². The molecule has 0 radical (unpaired) electrons. The fourth-order valence-electron chi connectivity index (χ4n) is 5.06. The number of carboxylic acids is 1. The van der Waals surface area contributed by atoms with Gasteiger partial charge in [-0.15, -0.1) is 0 Å². The van der Waals surface area contributed by atoms with E-state index in [4.69, 9.17) is 23.9 Å². The summed E-state index contributed by atoms with van der Waals surface area (Å²) in [5.74, 6) is 1.05. The number of pyridine rings is 2. The highest BCUT2D eigenvalue weighted by atomic mass is 16.7. The maximum Gasteiger partial charge on any atom is 0.305 e. The van der Waals surface area contributed by atoms with E-state index >= 15 is 0 Å². The van der Waals surface area contributed by atoms with Crippen LogP contribution in [0.3, 0.4) is 0 Å². The zero-order valence-electron chi connectivity index (χ0n) is 21.9. The Labute approximate surface area is 230 Å². The van der Waals surface area contributed by atoms with Crippen LogP contribution in [0.4, 0.5) is 5.82 Å². The molecule has 0 saturated carbocycles. The number of aromatic nitrogens is 4. The lowest BCUT2D eigenvalue weighted by Crippen LogP contribution is -2.17. The molecule has 206 valence electrons. The highest BCUT2D eigenvalue weighted by Crippen LogP contribution is 2.35. The Morgan fingerprint density at radius 3 is 2.90 bits per heavy atom. The summed E-state index contributed by atoms with van der Waals surface area (Å²) >= 11 is 0. The summed E-state index contributed by atoms with van der Waals surface area (Å²) in [6, 6.07) is 11.0. The van der Waals surface area contributed by atoms with Crippen LogP contribution in [-0.4, -0.2) is 51.1 Å². The van der Waals surface area contributed by atoms with Crippen molar-refractivity contribution in [2.45, 2.75) is 38.0 Å². The quantitative estimate of drug-likeness (QED) is 0.297. The first-order chi connectivity index (χ1) is 19.6. The first-order valence-corrected chi connectivity index (χ1v) is 13.1. The van der Waals surface area contributed by atoms with Crippen LogP contribution in [-0.2, 0) is 27.1 Å². The van der Waals surface area contributed by atoms with Gasteiger partial charge in [0.1, 0.15) is 24.1 Å². The summed E-state index contributed by atoms with van der Waals surface area (Å²) in [4.78, 5) is 21.0. The number of rotatable bonds is 10. The molecule has 11 heteroatoms. The number of methoxy groups -OCH3 is 1. The van der Waals surface area contributed by atoms with Gasteiger partial charge in [-0.1, -0.05) is 6.07 Å². The number of nitrogens with zero attached hydrogens (tertiary/aromatic N) is 4. The number of anilines is 1. The van der Waals surface area contributed by atoms with Crippen LogP contribution in [0.5, 0.6) is 11.6 Å². The Morgan fingerprint density at radius 2 is 2.08 bits per heavy atom. The largest absolute Gasteiger partial charge is 0.493 e. The number of hydrogen-bond donors (Lipinski definition) is 2. The van der Waals surface area contributed by atoms with Crippen molar-refractivity contribution in [3.8, 4) is 11.6 Å². The zero-order chi connectivity index (χ0) is 27.5. The molecule has 2 aliphatic rings. The Hall–Kier alpha value is -4.80. The van der Waals surface area contributed by atoms with E-state index in [0.29, 0.717) is 35.8 Å². The standard InChI is InChI=1S/C29H29N5O6/c1-37-28-23(29-39-11-12-40-29)14-20(16-31-28)25(15-26(35)36)34-24-7-6-22(13-19(24)17-32-34)38-10-8-21-5-4-18-3-2-9-30-27(18)33-21/h4-7,11-14,16-17,25,29H,2-3,8-10,15H2,1H3,(H,30,33)(H,35,36). The molecule has 0 fully saturated rings. The molecular formula is C29H29N5O6. The predicted octanol–water partition coefficient (Wildman–Crippen LogP) is 4.40. The second kappa shape index (κ2) is 11.1. The number of aliphatic carboxylic acids is 1. The lowest BCUT2D eigenvalue weighted by atomic mass is 10.0. The molecule has 1 unspecified atom stereocenters. The van der Waals surface area contributed by atoms with Crippen LogP contribution in [0, 0.1) is 0 Å². The summed E-state index contributed by atoms with van der Waals surface area (Å²) in [5, 5.41) is 18.5. The highest BCUT2D eigenvalue weighted by Gasteiger charge is 2.27. The first kappa shape index (κ1) is 25.5. The van der Waals surface area contributed by atoms with Gasteiger partial charge < -0.3 is 29.4 Å². The fraction of sp³-hybridized carbons (Fsp3) is 0.310. The van der Waals surface area contributed by atoms with Crippen LogP contribution in [0.25, 0.3) is 10.9 Å². The molecule has 0 spiro atoms. The molecule has 1 atom stereocenters. The first-order valence-electron chi connectivity index (χ1n) is 13.1. The number of nitrogens with one attached hydrogen (secondary N) is 1. The second-order valence-corrected chi connectivity index (χ2v) is 9.61. The summed E-state index contributed by atoms with van der Waals surface area (Å²) in [6.07, 6.45) is 8.12. The topological polar surface area (TPSA) is 130 Å². The number of carboxylic acid groups (broad SMARTS) is 1. The van der Waals surface area contributed by atoms with Crippen molar-refractivity contribution in [1.29, 1.82) is 0 Å². The molecule has 0 bridgehead atoms. The number of hydrogen-bond acceptors (Lipinski definition) is 9. The lowest BCUT2D eigenvalue weighted by molar-refractivity contribution is -0.137. The van der Waals surface area contributed by atoms with Gasteiger partial charge in [0.2, 0.25) is 5.88 Å². The van der Waals surface area contributed by atoms with Crippen molar-refractivity contribution in [2.24, 2.45) is 0 Å². The third kappa shape index (κ3) is 5.22. The van der Waals surface area contributed by atoms with Crippen molar-refractivity contribution >= 4 is 22.7 Å². The van der Waals surface area contributed by atoms with Gasteiger partial charge in [-0.3, -0.25) is 9.48 Å². The Morgan fingerprint density at radius 1 is 1.20 bits per heavy atom. The molecule has 0 aliphatic carbocycles. The van der Waals surface area contributed by atoms with Gasteiger partial charge in [0.05, 0.1) is 43.5 Å². The molecule has 5 heterocycles. The maximum atomic E-state index is 11.9. The van der Waals surface area contributed by atoms with E-state index in [1.54, 1.807) is 23.1 Å². The highest BCUT2D eigenvalue weighted by molar-refractivity contribution is 5.81. The number of aryl methyl sites for hydroxylation is 1. The van der Waals surface area contributed by atoms with E-state index in [9.17, 15) is 9.90 Å². The number of fused-ring (bicyclic) bond motifs is 2. The van der Waals surface area contributed by atoms with Crippen LogP contribution in [0.15, 0.2) is 61.3 Å². The molecule has 2 aliphatic heterocycles. The minimum absolute atomic E-state index is 0.199. The van der Waals surface area contributed by atoms with Gasteiger partial charge in [-0.2, -0.15) is 5.10 Å². The minimum Gasteiger partial charge on any atom is -0.493 e. The van der Waals surface area contributed by atoms with Crippen molar-refractivity contribution in [2.75, 3.05) is 25.6 Å². The van der Waals surface area contributed by atoms with Crippen LogP contribution >= 0.6 is 0 Å². The van der Waals surface area contributed by atoms with Crippen molar-refractivity contribution in [3.05, 3.63) is 83.7 Å². The van der Waals surface area contributed by atoms with E-state index in [-0.39, 0.29) is 6.42 Å². The lowest BCUT2D eigenvalue weighted by Gasteiger charge is -2.20. The molecule has 0 saturated heterocycles. The summed E-state index contributed by atoms with van der Waals surface area (Å²) in [5.41, 5.74) is 4.20. The molecule has 40 heavy (non-hydrogen) atoms. The van der Waals surface area contributed by atoms with Gasteiger partial charge in [0.15, 0.2) is 0 Å². The van der Waals surface area contributed by atoms with E-state index in [1.807, 2.05) is 18.2 Å². The monoisotopic (exact) mass is 543 g/mol. The van der Waals surface area contributed by atoms with Crippen molar-refractivity contribution in [3.63, 3.8) is 0 Å². The molecule has 6 rings (SSSR count). The van der Waals surface area contributed by atoms with E-state index in [0.717, 1.165) is 41.8 Å². The second-order valence-electron chi connectivity index (χ2n) is 9.61. The van der Waals surface area contributed by atoms with Gasteiger partial charge in [0.25, 0.3) is 6.29 Å². The summed E-state index contributed by atoms with van der Waals surface area (Å²) in [7, 11) is 1.50. The van der Waals surface area contributed by atoms with E-state index in [1.165, 1.54) is 25.2 Å². The molecule has 2 N–H and O–H groups in total. The normalized spacial score (nSPS) is 15.1.